The first-order valence-electron chi connectivity index (χ1n) is 5.87. The van der Waals surface area contributed by atoms with E-state index in [1.165, 1.54) is 0 Å². The molecule has 2 N–H and O–H groups in total. The molecule has 0 aliphatic heterocycles. The molecule has 1 atom stereocenters. The molecule has 1 aromatic heterocycles. The highest BCUT2D eigenvalue weighted by molar-refractivity contribution is 7.89. The van der Waals surface area contributed by atoms with Crippen molar-refractivity contribution in [2.75, 3.05) is 5.75 Å². The molecular formula is C11H18N2O5S. The predicted octanol–water partition coefficient (Wildman–Crippen LogP) is 1.14. The number of carboxylic acids is 1. The highest BCUT2D eigenvalue weighted by atomic mass is 32.2. The lowest BCUT2D eigenvalue weighted by Crippen LogP contribution is -2.29. The molecule has 8 heteroatoms. The molecule has 19 heavy (non-hydrogen) atoms. The fourth-order valence-corrected chi connectivity index (χ4v) is 3.21. The van der Waals surface area contributed by atoms with Crippen molar-refractivity contribution in [2.45, 2.75) is 39.7 Å². The van der Waals surface area contributed by atoms with Gasteiger partial charge >= 0.3 is 5.97 Å². The minimum Gasteiger partial charge on any atom is -0.481 e. The van der Waals surface area contributed by atoms with Gasteiger partial charge in [-0.1, -0.05) is 5.16 Å². The summed E-state index contributed by atoms with van der Waals surface area (Å²) in [6.45, 7) is 5.15. The first-order chi connectivity index (χ1) is 8.73. The molecule has 0 radical (unpaired) electrons. The second-order valence-electron chi connectivity index (χ2n) is 4.39. The van der Waals surface area contributed by atoms with Crippen molar-refractivity contribution < 1.29 is 22.8 Å². The lowest BCUT2D eigenvalue weighted by Gasteiger charge is -2.13. The van der Waals surface area contributed by atoms with Crippen LogP contribution in [0, 0.1) is 13.8 Å². The normalized spacial score (nSPS) is 13.4. The summed E-state index contributed by atoms with van der Waals surface area (Å²) in [5, 5.41) is 12.2. The summed E-state index contributed by atoms with van der Waals surface area (Å²) in [6, 6.07) is -0.457. The van der Waals surface area contributed by atoms with Crippen LogP contribution in [-0.2, 0) is 14.8 Å². The Hall–Kier alpha value is -1.41. The van der Waals surface area contributed by atoms with E-state index in [4.69, 9.17) is 9.63 Å². The minimum atomic E-state index is -3.52. The summed E-state index contributed by atoms with van der Waals surface area (Å²) in [5.41, 5.74) is 1.35. The number of hydrogen-bond donors (Lipinski definition) is 2. The summed E-state index contributed by atoms with van der Waals surface area (Å²) in [4.78, 5) is 10.3. The van der Waals surface area contributed by atoms with Crippen LogP contribution in [0.1, 0.15) is 42.8 Å². The van der Waals surface area contributed by atoms with Crippen LogP contribution in [0.5, 0.6) is 0 Å². The van der Waals surface area contributed by atoms with Crippen molar-refractivity contribution >= 4 is 16.0 Å². The van der Waals surface area contributed by atoms with Crippen LogP contribution in [0.4, 0.5) is 0 Å². The number of rotatable bonds is 7. The average molecular weight is 290 g/mol. The zero-order chi connectivity index (χ0) is 14.6. The van der Waals surface area contributed by atoms with E-state index in [-0.39, 0.29) is 18.6 Å². The lowest BCUT2D eigenvalue weighted by molar-refractivity contribution is -0.137. The van der Waals surface area contributed by atoms with Gasteiger partial charge in [0.25, 0.3) is 0 Å². The van der Waals surface area contributed by atoms with Crippen LogP contribution in [0.3, 0.4) is 0 Å². The Kier molecular flexibility index (Phi) is 5.07. The Morgan fingerprint density at radius 2 is 2.11 bits per heavy atom. The molecule has 0 saturated heterocycles. The molecule has 1 heterocycles. The third kappa shape index (κ3) is 4.64. The van der Waals surface area contributed by atoms with Gasteiger partial charge in [0.1, 0.15) is 5.76 Å². The maximum Gasteiger partial charge on any atom is 0.303 e. The molecular weight excluding hydrogens is 272 g/mol. The third-order valence-corrected chi connectivity index (χ3v) is 4.22. The number of nitrogens with one attached hydrogen (secondary N) is 1. The molecule has 108 valence electrons. The Balaban J connectivity index is 2.65. The second-order valence-corrected chi connectivity index (χ2v) is 6.27. The molecule has 0 spiro atoms. The number of nitrogens with zero attached hydrogens (tertiary/aromatic N) is 1. The third-order valence-electron chi connectivity index (χ3n) is 2.68. The smallest absolute Gasteiger partial charge is 0.303 e. The lowest BCUT2D eigenvalue weighted by atomic mass is 10.1. The van der Waals surface area contributed by atoms with E-state index in [2.05, 4.69) is 9.88 Å². The van der Waals surface area contributed by atoms with Crippen LogP contribution in [-0.4, -0.2) is 30.4 Å². The van der Waals surface area contributed by atoms with Crippen molar-refractivity contribution in [1.29, 1.82) is 0 Å². The van der Waals surface area contributed by atoms with E-state index in [1.54, 1.807) is 20.8 Å². The van der Waals surface area contributed by atoms with E-state index >= 15 is 0 Å². The van der Waals surface area contributed by atoms with Gasteiger partial charge in [0.15, 0.2) is 0 Å². The summed E-state index contributed by atoms with van der Waals surface area (Å²) in [6.07, 6.45) is -0.0837. The van der Waals surface area contributed by atoms with Crippen LogP contribution in [0.2, 0.25) is 0 Å². The van der Waals surface area contributed by atoms with Gasteiger partial charge in [-0.2, -0.15) is 0 Å². The molecule has 1 aromatic rings. The van der Waals surface area contributed by atoms with Crippen molar-refractivity contribution in [3.63, 3.8) is 0 Å². The van der Waals surface area contributed by atoms with Crippen molar-refractivity contribution in [2.24, 2.45) is 0 Å². The molecule has 1 rings (SSSR count). The van der Waals surface area contributed by atoms with Gasteiger partial charge in [0.05, 0.1) is 11.4 Å². The van der Waals surface area contributed by atoms with Crippen molar-refractivity contribution in [1.82, 2.24) is 9.88 Å². The van der Waals surface area contributed by atoms with E-state index in [0.717, 1.165) is 0 Å². The van der Waals surface area contributed by atoms with E-state index in [9.17, 15) is 13.2 Å². The topological polar surface area (TPSA) is 110 Å². The summed E-state index contributed by atoms with van der Waals surface area (Å²) in [7, 11) is -3.52. The molecule has 0 saturated carbocycles. The van der Waals surface area contributed by atoms with E-state index in [0.29, 0.717) is 17.0 Å². The Morgan fingerprint density at radius 1 is 1.47 bits per heavy atom. The van der Waals surface area contributed by atoms with Gasteiger partial charge in [0.2, 0.25) is 10.0 Å². The number of aryl methyl sites for hydroxylation is 2. The monoisotopic (exact) mass is 290 g/mol. The molecule has 1 unspecified atom stereocenters. The number of sulfonamides is 1. The predicted molar refractivity (Wildman–Crippen MR) is 68.2 cm³/mol. The van der Waals surface area contributed by atoms with Crippen molar-refractivity contribution in [3.05, 3.63) is 17.0 Å². The first-order valence-corrected chi connectivity index (χ1v) is 7.52. The van der Waals surface area contributed by atoms with Gasteiger partial charge in [0, 0.05) is 18.0 Å². The zero-order valence-electron chi connectivity index (χ0n) is 11.1. The molecule has 0 aliphatic rings. The standard InChI is InChI=1S/C11H18N2O5S/c1-7-11(9(3)18-12-7)8(2)13-19(16,17)6-4-5-10(14)15/h8,13H,4-6H2,1-3H3,(H,14,15). The maximum absolute atomic E-state index is 11.8. The van der Waals surface area contributed by atoms with Gasteiger partial charge in [-0.15, -0.1) is 0 Å². The van der Waals surface area contributed by atoms with Crippen LogP contribution in [0.15, 0.2) is 4.52 Å². The van der Waals surface area contributed by atoms with Gasteiger partial charge in [-0.05, 0) is 27.2 Å². The number of carboxylic acid groups (broad SMARTS) is 1. The molecule has 0 aliphatic carbocycles. The highest BCUT2D eigenvalue weighted by Crippen LogP contribution is 2.21. The second kappa shape index (κ2) is 6.16. The molecule has 0 fully saturated rings. The summed E-state index contributed by atoms with van der Waals surface area (Å²) in [5.74, 6) is -0.653. The fourth-order valence-electron chi connectivity index (χ4n) is 1.91. The quantitative estimate of drug-likeness (QED) is 0.779. The van der Waals surface area contributed by atoms with Gasteiger partial charge < -0.3 is 9.63 Å². The van der Waals surface area contributed by atoms with Gasteiger partial charge in [-0.3, -0.25) is 4.79 Å². The molecule has 7 nitrogen and oxygen atoms in total. The van der Waals surface area contributed by atoms with Crippen LogP contribution in [0.25, 0.3) is 0 Å². The number of aromatic nitrogens is 1. The summed E-state index contributed by atoms with van der Waals surface area (Å²) >= 11 is 0. The Labute approximate surface area is 112 Å². The van der Waals surface area contributed by atoms with Crippen LogP contribution < -0.4 is 4.72 Å². The fraction of sp³-hybridized carbons (Fsp3) is 0.636. The Bertz CT molecular complexity index is 530. The van der Waals surface area contributed by atoms with E-state index in [1.807, 2.05) is 0 Å². The SMILES string of the molecule is Cc1noc(C)c1C(C)NS(=O)(=O)CCCC(=O)O. The summed E-state index contributed by atoms with van der Waals surface area (Å²) < 4.78 is 31.0. The molecule has 0 amide bonds. The zero-order valence-corrected chi connectivity index (χ0v) is 12.0. The number of carbonyl (C=O) groups is 1. The van der Waals surface area contributed by atoms with Crippen LogP contribution >= 0.6 is 0 Å². The first kappa shape index (κ1) is 15.6. The average Bonchev–Trinajstić information content (AvgIpc) is 2.56. The number of hydrogen-bond acceptors (Lipinski definition) is 5. The van der Waals surface area contributed by atoms with Crippen molar-refractivity contribution in [3.8, 4) is 0 Å². The largest absolute Gasteiger partial charge is 0.481 e. The minimum absolute atomic E-state index is 0.0823. The molecule has 0 aromatic carbocycles. The Morgan fingerprint density at radius 3 is 2.58 bits per heavy atom. The van der Waals surface area contributed by atoms with Gasteiger partial charge in [-0.25, -0.2) is 13.1 Å². The highest BCUT2D eigenvalue weighted by Gasteiger charge is 2.21. The number of aliphatic carboxylic acids is 1. The molecule has 0 bridgehead atoms. The maximum atomic E-state index is 11.8. The van der Waals surface area contributed by atoms with E-state index < -0.39 is 22.0 Å².